The average molecular weight is 449 g/mol. The minimum absolute atomic E-state index is 0.184. The smallest absolute Gasteiger partial charge is 0.303 e. The normalized spacial score (nSPS) is 13.4. The van der Waals surface area contributed by atoms with Crippen molar-refractivity contribution in [1.82, 2.24) is 0 Å². The maximum absolute atomic E-state index is 11.2. The maximum atomic E-state index is 11.2. The van der Waals surface area contributed by atoms with Crippen molar-refractivity contribution in [1.29, 1.82) is 0 Å². The van der Waals surface area contributed by atoms with Crippen LogP contribution in [0.3, 0.4) is 0 Å². The van der Waals surface area contributed by atoms with Crippen molar-refractivity contribution in [2.75, 3.05) is 32.8 Å². The van der Waals surface area contributed by atoms with Crippen molar-refractivity contribution < 1.29 is 23.7 Å². The summed E-state index contributed by atoms with van der Waals surface area (Å²) >= 11 is 5.84. The number of benzene rings is 2. The van der Waals surface area contributed by atoms with Gasteiger partial charge in [-0.2, -0.15) is 0 Å². The van der Waals surface area contributed by atoms with E-state index in [0.29, 0.717) is 24.2 Å². The molecule has 0 unspecified atom stereocenters. The van der Waals surface area contributed by atoms with E-state index in [-0.39, 0.29) is 24.6 Å². The molecule has 0 N–H and O–H groups in total. The van der Waals surface area contributed by atoms with Crippen LogP contribution in [0.5, 0.6) is 11.5 Å². The molecule has 0 bridgehead atoms. The second-order valence-electron chi connectivity index (χ2n) is 8.24. The first-order chi connectivity index (χ1) is 14.8. The van der Waals surface area contributed by atoms with Crippen molar-refractivity contribution in [3.8, 4) is 11.5 Å². The van der Waals surface area contributed by atoms with Crippen molar-refractivity contribution in [3.63, 3.8) is 0 Å². The summed E-state index contributed by atoms with van der Waals surface area (Å²) in [6.07, 6.45) is -0.438. The van der Waals surface area contributed by atoms with Gasteiger partial charge in [-0.3, -0.25) is 4.79 Å². The number of methoxy groups -OCH3 is 1. The summed E-state index contributed by atoms with van der Waals surface area (Å²) in [5.74, 6) is 2.11. The van der Waals surface area contributed by atoms with Crippen LogP contribution in [0.4, 0.5) is 0 Å². The number of alkyl halides is 1. The Morgan fingerprint density at radius 2 is 1.39 bits per heavy atom. The van der Waals surface area contributed by atoms with E-state index in [9.17, 15) is 4.79 Å². The predicted molar refractivity (Wildman–Crippen MR) is 123 cm³/mol. The lowest BCUT2D eigenvalue weighted by Crippen LogP contribution is -2.28. The molecule has 31 heavy (non-hydrogen) atoms. The van der Waals surface area contributed by atoms with Gasteiger partial charge < -0.3 is 18.9 Å². The lowest BCUT2D eigenvalue weighted by molar-refractivity contribution is -0.150. The monoisotopic (exact) mass is 448 g/mol. The molecule has 0 spiro atoms. The molecule has 170 valence electrons. The summed E-state index contributed by atoms with van der Waals surface area (Å²) in [7, 11) is 1.56. The molecule has 6 heteroatoms. The molecule has 0 radical (unpaired) electrons. The highest BCUT2D eigenvalue weighted by Crippen LogP contribution is 2.33. The Morgan fingerprint density at radius 3 is 1.81 bits per heavy atom. The quantitative estimate of drug-likeness (QED) is 0.329. The summed E-state index contributed by atoms with van der Waals surface area (Å²) < 4.78 is 21.8. The Labute approximate surface area is 190 Å². The average Bonchev–Trinajstić information content (AvgIpc) is 2.76. The minimum Gasteiger partial charge on any atom is -0.493 e. The molecule has 2 aromatic carbocycles. The number of ether oxygens (including phenoxy) is 4. The molecular weight excluding hydrogens is 416 g/mol. The van der Waals surface area contributed by atoms with E-state index >= 15 is 0 Å². The Kier molecular flexibility index (Phi) is 9.66. The van der Waals surface area contributed by atoms with Gasteiger partial charge in [0.25, 0.3) is 0 Å². The van der Waals surface area contributed by atoms with Gasteiger partial charge in [-0.15, -0.1) is 11.6 Å². The number of carbonyl (C=O) groups is 1. The molecule has 0 fully saturated rings. The summed E-state index contributed by atoms with van der Waals surface area (Å²) in [6, 6.07) is 16.2. The highest BCUT2D eigenvalue weighted by molar-refractivity contribution is 6.18. The number of rotatable bonds is 12. The predicted octanol–water partition coefficient (Wildman–Crippen LogP) is 5.22. The molecule has 0 amide bonds. The highest BCUT2D eigenvalue weighted by Gasteiger charge is 2.23. The Hall–Kier alpha value is -2.24. The first-order valence-corrected chi connectivity index (χ1v) is 11.0. The number of carbonyl (C=O) groups excluding carboxylic acids is 1. The number of hydrogen-bond acceptors (Lipinski definition) is 5. The third kappa shape index (κ3) is 7.75. The fourth-order valence-corrected chi connectivity index (χ4v) is 3.20. The van der Waals surface area contributed by atoms with Gasteiger partial charge in [0.2, 0.25) is 0 Å². The van der Waals surface area contributed by atoms with E-state index in [1.165, 1.54) is 12.5 Å². The topological polar surface area (TPSA) is 54.0 Å². The lowest BCUT2D eigenvalue weighted by atomic mass is 9.78. The van der Waals surface area contributed by atoms with Crippen molar-refractivity contribution in [2.45, 2.75) is 39.2 Å². The Balaban J connectivity index is 2.01. The summed E-state index contributed by atoms with van der Waals surface area (Å²) in [4.78, 5) is 11.2. The fourth-order valence-electron chi connectivity index (χ4n) is 3.11. The van der Waals surface area contributed by atoms with Gasteiger partial charge in [-0.25, -0.2) is 0 Å². The molecule has 0 heterocycles. The molecule has 0 aliphatic rings. The zero-order valence-corrected chi connectivity index (χ0v) is 19.8. The molecule has 0 saturated heterocycles. The van der Waals surface area contributed by atoms with Crippen molar-refractivity contribution in [3.05, 3.63) is 59.7 Å². The zero-order chi connectivity index (χ0) is 22.9. The van der Waals surface area contributed by atoms with Crippen LogP contribution in [0.25, 0.3) is 0 Å². The summed E-state index contributed by atoms with van der Waals surface area (Å²) in [6.45, 7) is 8.93. The second-order valence-corrected chi connectivity index (χ2v) is 8.55. The van der Waals surface area contributed by atoms with E-state index in [1.54, 1.807) is 7.11 Å². The molecule has 2 aromatic rings. The molecule has 0 aliphatic heterocycles. The molecule has 0 aliphatic carbocycles. The van der Waals surface area contributed by atoms with Crippen molar-refractivity contribution in [2.24, 2.45) is 5.92 Å². The summed E-state index contributed by atoms with van der Waals surface area (Å²) in [5.41, 5.74) is 2.17. The van der Waals surface area contributed by atoms with Crippen LogP contribution in [-0.2, 0) is 19.7 Å². The first-order valence-electron chi connectivity index (χ1n) is 10.4. The summed E-state index contributed by atoms with van der Waals surface area (Å²) in [5, 5.41) is 0. The SMILES string of the molecule is COC[C@H](COc1ccc(C(C)(C)c2ccc(OC[C@H](C)CCl)cc2)cc1)OC(C)=O. The van der Waals surface area contributed by atoms with Gasteiger partial charge in [0.15, 0.2) is 6.10 Å². The Bertz CT molecular complexity index is 802. The standard InChI is InChI=1S/C25H33ClO5/c1-18(14-26)15-29-22-10-6-20(7-11-22)25(3,4)21-8-12-23(13-9-21)30-17-24(16-28-5)31-19(2)27/h6-13,18,24H,14-17H2,1-5H3/t18-,24-/m1/s1. The maximum Gasteiger partial charge on any atom is 0.303 e. The zero-order valence-electron chi connectivity index (χ0n) is 19.0. The minimum atomic E-state index is -0.438. The third-order valence-electron chi connectivity index (χ3n) is 5.07. The van der Waals surface area contributed by atoms with E-state index in [4.69, 9.17) is 30.5 Å². The van der Waals surface area contributed by atoms with Crippen LogP contribution in [0.2, 0.25) is 0 Å². The van der Waals surface area contributed by atoms with E-state index < -0.39 is 6.10 Å². The molecule has 0 saturated carbocycles. The van der Waals surface area contributed by atoms with Gasteiger partial charge in [-0.1, -0.05) is 45.0 Å². The van der Waals surface area contributed by atoms with E-state index in [2.05, 4.69) is 45.0 Å². The fraction of sp³-hybridized carbons (Fsp3) is 0.480. The third-order valence-corrected chi connectivity index (χ3v) is 5.60. The molecular formula is C25H33ClO5. The lowest BCUT2D eigenvalue weighted by Gasteiger charge is -2.26. The van der Waals surface area contributed by atoms with Crippen LogP contribution < -0.4 is 9.47 Å². The highest BCUT2D eigenvalue weighted by atomic mass is 35.5. The van der Waals surface area contributed by atoms with Gasteiger partial charge in [0, 0.05) is 31.2 Å². The van der Waals surface area contributed by atoms with Crippen LogP contribution in [0.15, 0.2) is 48.5 Å². The number of hydrogen-bond donors (Lipinski definition) is 0. The van der Waals surface area contributed by atoms with Gasteiger partial charge in [0.05, 0.1) is 13.2 Å². The Morgan fingerprint density at radius 1 is 0.903 bits per heavy atom. The van der Waals surface area contributed by atoms with Crippen LogP contribution in [0, 0.1) is 5.92 Å². The van der Waals surface area contributed by atoms with Gasteiger partial charge >= 0.3 is 5.97 Å². The van der Waals surface area contributed by atoms with Crippen molar-refractivity contribution >= 4 is 17.6 Å². The molecule has 5 nitrogen and oxygen atoms in total. The van der Waals surface area contributed by atoms with Crippen LogP contribution in [0.1, 0.15) is 38.8 Å². The number of esters is 1. The van der Waals surface area contributed by atoms with Crippen LogP contribution >= 0.6 is 11.6 Å². The molecule has 2 rings (SSSR count). The van der Waals surface area contributed by atoms with E-state index in [0.717, 1.165) is 11.3 Å². The second kappa shape index (κ2) is 12.0. The van der Waals surface area contributed by atoms with Gasteiger partial charge in [0.1, 0.15) is 18.1 Å². The molecule has 2 atom stereocenters. The van der Waals surface area contributed by atoms with Gasteiger partial charge in [-0.05, 0) is 35.4 Å². The van der Waals surface area contributed by atoms with Crippen LogP contribution in [-0.4, -0.2) is 44.9 Å². The molecule has 0 aromatic heterocycles. The largest absolute Gasteiger partial charge is 0.493 e. The number of halogens is 1. The van der Waals surface area contributed by atoms with E-state index in [1.807, 2.05) is 24.3 Å². The first kappa shape index (κ1) is 25.0.